The lowest BCUT2D eigenvalue weighted by molar-refractivity contribution is -0.142. The molecule has 0 bridgehead atoms. The molecule has 8 heteroatoms. The van der Waals surface area contributed by atoms with E-state index in [0.717, 1.165) is 10.4 Å². The second kappa shape index (κ2) is 8.48. The zero-order chi connectivity index (χ0) is 21.1. The van der Waals surface area contributed by atoms with Gasteiger partial charge in [0.15, 0.2) is 11.9 Å². The van der Waals surface area contributed by atoms with Crippen molar-refractivity contribution in [2.75, 3.05) is 14.2 Å². The standard InChI is InChI=1S/C21H22N2O5S/c1-11-13(3)29-21-18(11)20(25)22-19(23-21)12(2)28-17(24)9-6-14-10-15(26-4)7-8-16(14)27-5/h6-10,12H,1-5H3,(H,22,23,25)/b9-6+. The molecule has 1 N–H and O–H groups in total. The van der Waals surface area contributed by atoms with Crippen LogP contribution in [-0.4, -0.2) is 30.2 Å². The summed E-state index contributed by atoms with van der Waals surface area (Å²) < 4.78 is 15.9. The van der Waals surface area contributed by atoms with Crippen molar-refractivity contribution in [2.45, 2.75) is 26.9 Å². The van der Waals surface area contributed by atoms with Crippen molar-refractivity contribution >= 4 is 33.6 Å². The van der Waals surface area contributed by atoms with Crippen molar-refractivity contribution < 1.29 is 19.0 Å². The summed E-state index contributed by atoms with van der Waals surface area (Å²) in [6.45, 7) is 5.50. The lowest BCUT2D eigenvalue weighted by Gasteiger charge is -2.11. The zero-order valence-electron chi connectivity index (χ0n) is 16.9. The van der Waals surface area contributed by atoms with Crippen LogP contribution in [0, 0.1) is 13.8 Å². The maximum atomic E-state index is 12.4. The molecule has 0 spiro atoms. The van der Waals surface area contributed by atoms with Crippen molar-refractivity contribution in [3.63, 3.8) is 0 Å². The molecule has 152 valence electrons. The quantitative estimate of drug-likeness (QED) is 0.485. The summed E-state index contributed by atoms with van der Waals surface area (Å²) in [7, 11) is 3.11. The SMILES string of the molecule is COc1ccc(OC)c(/C=C/C(=O)OC(C)c2nc3sc(C)c(C)c3c(=O)[nH]2)c1. The van der Waals surface area contributed by atoms with E-state index < -0.39 is 12.1 Å². The van der Waals surface area contributed by atoms with Crippen molar-refractivity contribution in [1.82, 2.24) is 9.97 Å². The lowest BCUT2D eigenvalue weighted by Crippen LogP contribution is -2.16. The number of aromatic nitrogens is 2. The van der Waals surface area contributed by atoms with Crippen molar-refractivity contribution in [1.29, 1.82) is 0 Å². The van der Waals surface area contributed by atoms with E-state index in [2.05, 4.69) is 9.97 Å². The number of carbonyl (C=O) groups excluding carboxylic acids is 1. The van der Waals surface area contributed by atoms with Crippen molar-refractivity contribution in [2.24, 2.45) is 0 Å². The Morgan fingerprint density at radius 3 is 2.69 bits per heavy atom. The van der Waals surface area contributed by atoms with Crippen LogP contribution in [0.25, 0.3) is 16.3 Å². The van der Waals surface area contributed by atoms with Crippen LogP contribution < -0.4 is 15.0 Å². The number of hydrogen-bond acceptors (Lipinski definition) is 7. The number of H-pyrrole nitrogens is 1. The van der Waals surface area contributed by atoms with Gasteiger partial charge in [-0.3, -0.25) is 4.79 Å². The average molecular weight is 414 g/mol. The van der Waals surface area contributed by atoms with Crippen LogP contribution >= 0.6 is 11.3 Å². The summed E-state index contributed by atoms with van der Waals surface area (Å²) in [5.74, 6) is 0.986. The number of nitrogens with one attached hydrogen (secondary N) is 1. The predicted octanol–water partition coefficient (Wildman–Crippen LogP) is 3.94. The molecule has 3 rings (SSSR count). The molecule has 1 unspecified atom stereocenters. The van der Waals surface area contributed by atoms with Gasteiger partial charge in [-0.1, -0.05) is 0 Å². The Labute approximate surface area is 172 Å². The number of carbonyl (C=O) groups is 1. The predicted molar refractivity (Wildman–Crippen MR) is 113 cm³/mol. The van der Waals surface area contributed by atoms with Gasteiger partial charge in [-0.05, 0) is 50.6 Å². The molecule has 0 aliphatic rings. The number of esters is 1. The van der Waals surface area contributed by atoms with Gasteiger partial charge in [0.2, 0.25) is 0 Å². The summed E-state index contributed by atoms with van der Waals surface area (Å²) >= 11 is 1.45. The highest BCUT2D eigenvalue weighted by Gasteiger charge is 2.17. The molecule has 1 atom stereocenters. The number of rotatable bonds is 6. The number of hydrogen-bond donors (Lipinski definition) is 1. The molecule has 2 aromatic heterocycles. The van der Waals surface area contributed by atoms with E-state index in [-0.39, 0.29) is 5.56 Å². The van der Waals surface area contributed by atoms with E-state index in [1.807, 2.05) is 13.8 Å². The number of ether oxygens (including phenoxy) is 3. The molecule has 0 saturated carbocycles. The summed E-state index contributed by atoms with van der Waals surface area (Å²) in [5, 5.41) is 0.583. The Morgan fingerprint density at radius 2 is 2.00 bits per heavy atom. The fraction of sp³-hybridized carbons (Fsp3) is 0.286. The van der Waals surface area contributed by atoms with Gasteiger partial charge in [0.05, 0.1) is 19.6 Å². The number of aromatic amines is 1. The van der Waals surface area contributed by atoms with Gasteiger partial charge in [-0.15, -0.1) is 11.3 Å². The van der Waals surface area contributed by atoms with Crippen molar-refractivity contribution in [3.05, 3.63) is 56.5 Å². The van der Waals surface area contributed by atoms with Gasteiger partial charge in [0.25, 0.3) is 5.56 Å². The molecule has 0 radical (unpaired) electrons. The van der Waals surface area contributed by atoms with Crippen LogP contribution in [-0.2, 0) is 9.53 Å². The van der Waals surface area contributed by atoms with Crippen LogP contribution in [0.1, 0.15) is 34.9 Å². The highest BCUT2D eigenvalue weighted by molar-refractivity contribution is 7.18. The highest BCUT2D eigenvalue weighted by Crippen LogP contribution is 2.27. The second-order valence-electron chi connectivity index (χ2n) is 6.43. The van der Waals surface area contributed by atoms with E-state index in [1.165, 1.54) is 17.4 Å². The van der Waals surface area contributed by atoms with Gasteiger partial charge in [0.1, 0.15) is 16.3 Å². The zero-order valence-corrected chi connectivity index (χ0v) is 17.7. The van der Waals surface area contributed by atoms with E-state index >= 15 is 0 Å². The van der Waals surface area contributed by atoms with Gasteiger partial charge in [0, 0.05) is 16.5 Å². The number of benzene rings is 1. The monoisotopic (exact) mass is 414 g/mol. The summed E-state index contributed by atoms with van der Waals surface area (Å²) in [5.41, 5.74) is 1.37. The van der Waals surface area contributed by atoms with E-state index in [0.29, 0.717) is 33.1 Å². The summed E-state index contributed by atoms with van der Waals surface area (Å²) in [6, 6.07) is 5.27. The number of aryl methyl sites for hydroxylation is 2. The average Bonchev–Trinajstić information content (AvgIpc) is 3.00. The maximum Gasteiger partial charge on any atom is 0.331 e. The van der Waals surface area contributed by atoms with Gasteiger partial charge < -0.3 is 19.2 Å². The summed E-state index contributed by atoms with van der Waals surface area (Å²) in [4.78, 5) is 33.5. The Morgan fingerprint density at radius 1 is 1.24 bits per heavy atom. The van der Waals surface area contributed by atoms with Crippen LogP contribution in [0.4, 0.5) is 0 Å². The first-order chi connectivity index (χ1) is 13.8. The smallest absolute Gasteiger partial charge is 0.331 e. The third kappa shape index (κ3) is 4.32. The van der Waals surface area contributed by atoms with Gasteiger partial charge >= 0.3 is 5.97 Å². The third-order valence-electron chi connectivity index (χ3n) is 4.57. The second-order valence-corrected chi connectivity index (χ2v) is 7.64. The fourth-order valence-corrected chi connectivity index (χ4v) is 3.90. The van der Waals surface area contributed by atoms with Crippen LogP contribution in [0.5, 0.6) is 11.5 Å². The molecule has 0 aliphatic heterocycles. The molecule has 3 aromatic rings. The molecular weight excluding hydrogens is 392 g/mol. The van der Waals surface area contributed by atoms with Crippen molar-refractivity contribution in [3.8, 4) is 11.5 Å². The topological polar surface area (TPSA) is 90.5 Å². The number of methoxy groups -OCH3 is 2. The molecule has 0 amide bonds. The van der Waals surface area contributed by atoms with Crippen LogP contribution in [0.15, 0.2) is 29.1 Å². The molecule has 29 heavy (non-hydrogen) atoms. The molecule has 7 nitrogen and oxygen atoms in total. The molecule has 0 fully saturated rings. The van der Waals surface area contributed by atoms with Gasteiger partial charge in [-0.2, -0.15) is 0 Å². The molecule has 0 saturated heterocycles. The number of thiophene rings is 1. The molecular formula is C21H22N2O5S. The first-order valence-corrected chi connectivity index (χ1v) is 9.76. The Balaban J connectivity index is 1.78. The van der Waals surface area contributed by atoms with E-state index in [1.54, 1.807) is 45.4 Å². The first kappa shape index (κ1) is 20.6. The molecule has 0 aliphatic carbocycles. The Bertz CT molecular complexity index is 1150. The van der Waals surface area contributed by atoms with E-state index in [4.69, 9.17) is 14.2 Å². The van der Waals surface area contributed by atoms with Crippen LogP contribution in [0.2, 0.25) is 0 Å². The van der Waals surface area contributed by atoms with Crippen LogP contribution in [0.3, 0.4) is 0 Å². The highest BCUT2D eigenvalue weighted by atomic mass is 32.1. The Kier molecular flexibility index (Phi) is 6.03. The minimum Gasteiger partial charge on any atom is -0.497 e. The fourth-order valence-electron chi connectivity index (χ4n) is 2.86. The lowest BCUT2D eigenvalue weighted by atomic mass is 10.1. The molecule has 1 aromatic carbocycles. The first-order valence-electron chi connectivity index (χ1n) is 8.94. The largest absolute Gasteiger partial charge is 0.497 e. The van der Waals surface area contributed by atoms with Gasteiger partial charge in [-0.25, -0.2) is 9.78 Å². The van der Waals surface area contributed by atoms with E-state index in [9.17, 15) is 9.59 Å². The normalized spacial score (nSPS) is 12.3. The number of fused-ring (bicyclic) bond motifs is 1. The number of nitrogens with zero attached hydrogens (tertiary/aromatic N) is 1. The third-order valence-corrected chi connectivity index (χ3v) is 5.67. The Hall–Kier alpha value is -3.13. The summed E-state index contributed by atoms with van der Waals surface area (Å²) in [6.07, 6.45) is 2.17. The molecule has 2 heterocycles. The minimum absolute atomic E-state index is 0.230. The minimum atomic E-state index is -0.709. The maximum absolute atomic E-state index is 12.4.